The maximum Gasteiger partial charge on any atom is 0.335 e. The van der Waals surface area contributed by atoms with Gasteiger partial charge in [0.15, 0.2) is 11.9 Å². The fourth-order valence-electron chi connectivity index (χ4n) is 2.81. The van der Waals surface area contributed by atoms with Gasteiger partial charge in [0.25, 0.3) is 0 Å². The molecule has 1 fully saturated rings. The van der Waals surface area contributed by atoms with Crippen LogP contribution in [0.2, 0.25) is 0 Å². The van der Waals surface area contributed by atoms with Crippen molar-refractivity contribution in [1.82, 2.24) is 0 Å². The zero-order chi connectivity index (χ0) is 19.2. The van der Waals surface area contributed by atoms with E-state index in [1.807, 2.05) is 38.1 Å². The van der Waals surface area contributed by atoms with Crippen LogP contribution in [0.15, 0.2) is 36.9 Å². The smallest absolute Gasteiger partial charge is 0.335 e. The zero-order valence-corrected chi connectivity index (χ0v) is 15.9. The third-order valence-corrected chi connectivity index (χ3v) is 4.05. The number of esters is 1. The molecule has 144 valence electrons. The number of methoxy groups -OCH3 is 1. The van der Waals surface area contributed by atoms with Crippen LogP contribution in [0.4, 0.5) is 0 Å². The van der Waals surface area contributed by atoms with Crippen LogP contribution in [0.3, 0.4) is 0 Å². The highest BCUT2D eigenvalue weighted by Crippen LogP contribution is 2.35. The molecule has 1 aliphatic heterocycles. The molecular formula is C20H28O6. The first-order chi connectivity index (χ1) is 12.4. The van der Waals surface area contributed by atoms with Gasteiger partial charge in [-0.3, -0.25) is 0 Å². The Labute approximate surface area is 155 Å². The largest absolute Gasteiger partial charge is 0.497 e. The van der Waals surface area contributed by atoms with Gasteiger partial charge in [-0.15, -0.1) is 6.58 Å². The molecule has 0 spiro atoms. The minimum absolute atomic E-state index is 0.291. The average molecular weight is 364 g/mol. The summed E-state index contributed by atoms with van der Waals surface area (Å²) in [5.41, 5.74) is 0.871. The Morgan fingerprint density at radius 2 is 2.08 bits per heavy atom. The Balaban J connectivity index is 2.26. The molecular weight excluding hydrogens is 336 g/mol. The lowest BCUT2D eigenvalue weighted by Crippen LogP contribution is -2.34. The first kappa shape index (κ1) is 20.4. The molecule has 1 aliphatic rings. The predicted octanol–water partition coefficient (Wildman–Crippen LogP) is 3.41. The van der Waals surface area contributed by atoms with E-state index in [2.05, 4.69) is 6.58 Å². The first-order valence-electron chi connectivity index (χ1n) is 8.79. The third kappa shape index (κ3) is 5.30. The predicted molar refractivity (Wildman–Crippen MR) is 97.0 cm³/mol. The molecule has 6 heteroatoms. The maximum atomic E-state index is 12.3. The van der Waals surface area contributed by atoms with Gasteiger partial charge >= 0.3 is 5.97 Å². The van der Waals surface area contributed by atoms with Crippen LogP contribution in [-0.2, 0) is 23.7 Å². The van der Waals surface area contributed by atoms with Crippen molar-refractivity contribution in [3.63, 3.8) is 0 Å². The number of hydrogen-bond acceptors (Lipinski definition) is 6. The van der Waals surface area contributed by atoms with Crippen molar-refractivity contribution in [2.45, 2.75) is 51.3 Å². The highest BCUT2D eigenvalue weighted by molar-refractivity contribution is 5.74. The third-order valence-electron chi connectivity index (χ3n) is 4.05. The molecule has 1 aromatic carbocycles. The molecule has 6 nitrogen and oxygen atoms in total. The van der Waals surface area contributed by atoms with Gasteiger partial charge in [-0.2, -0.15) is 0 Å². The van der Waals surface area contributed by atoms with E-state index in [0.29, 0.717) is 19.6 Å². The molecule has 1 aromatic rings. The number of ether oxygens (including phenoxy) is 5. The van der Waals surface area contributed by atoms with Gasteiger partial charge in [-0.25, -0.2) is 4.79 Å². The normalized spacial score (nSPS) is 21.0. The summed E-state index contributed by atoms with van der Waals surface area (Å²) < 4.78 is 28.2. The Kier molecular flexibility index (Phi) is 7.20. The van der Waals surface area contributed by atoms with Crippen LogP contribution in [0.1, 0.15) is 38.9 Å². The highest BCUT2D eigenvalue weighted by atomic mass is 16.7. The summed E-state index contributed by atoms with van der Waals surface area (Å²) in [5.74, 6) is -0.370. The molecule has 1 saturated heterocycles. The Hall–Kier alpha value is -1.89. The summed E-state index contributed by atoms with van der Waals surface area (Å²) in [6.45, 7) is 9.83. The van der Waals surface area contributed by atoms with Gasteiger partial charge in [-0.05, 0) is 38.5 Å². The van der Waals surface area contributed by atoms with Crippen LogP contribution in [0, 0.1) is 0 Å². The van der Waals surface area contributed by atoms with Crippen molar-refractivity contribution in [3.8, 4) is 5.75 Å². The minimum Gasteiger partial charge on any atom is -0.497 e. The van der Waals surface area contributed by atoms with Crippen molar-refractivity contribution < 1.29 is 28.5 Å². The monoisotopic (exact) mass is 364 g/mol. The molecule has 0 unspecified atom stereocenters. The molecule has 0 aromatic heterocycles. The van der Waals surface area contributed by atoms with Gasteiger partial charge in [0.1, 0.15) is 18.0 Å². The van der Waals surface area contributed by atoms with E-state index in [9.17, 15) is 4.79 Å². The van der Waals surface area contributed by atoms with Crippen molar-refractivity contribution in [3.05, 3.63) is 42.5 Å². The highest BCUT2D eigenvalue weighted by Gasteiger charge is 2.40. The Morgan fingerprint density at radius 3 is 2.58 bits per heavy atom. The molecule has 26 heavy (non-hydrogen) atoms. The number of rotatable bonds is 9. The second kappa shape index (κ2) is 9.16. The van der Waals surface area contributed by atoms with Gasteiger partial charge in [-0.1, -0.05) is 18.2 Å². The van der Waals surface area contributed by atoms with E-state index < -0.39 is 24.0 Å². The van der Waals surface area contributed by atoms with E-state index in [1.54, 1.807) is 20.1 Å². The summed E-state index contributed by atoms with van der Waals surface area (Å²) >= 11 is 0. The molecule has 0 N–H and O–H groups in total. The van der Waals surface area contributed by atoms with Crippen LogP contribution in [0.25, 0.3) is 0 Å². The summed E-state index contributed by atoms with van der Waals surface area (Å²) in [6, 6.07) is 7.49. The van der Waals surface area contributed by atoms with Crippen molar-refractivity contribution in [1.29, 1.82) is 0 Å². The second-order valence-corrected chi connectivity index (χ2v) is 6.46. The topological polar surface area (TPSA) is 63.2 Å². The van der Waals surface area contributed by atoms with Gasteiger partial charge in [0, 0.05) is 6.42 Å². The van der Waals surface area contributed by atoms with Crippen molar-refractivity contribution in [2.24, 2.45) is 0 Å². The van der Waals surface area contributed by atoms with Crippen LogP contribution in [-0.4, -0.2) is 44.3 Å². The molecule has 1 heterocycles. The first-order valence-corrected chi connectivity index (χ1v) is 8.79. The van der Waals surface area contributed by atoms with Crippen LogP contribution >= 0.6 is 0 Å². The van der Waals surface area contributed by atoms with Crippen LogP contribution in [0.5, 0.6) is 5.75 Å². The standard InChI is InChI=1S/C20H28O6/c1-6-8-16(19(21)23-7-2)25-18(17-13-24-20(3,4)26-17)14-9-11-15(22-5)12-10-14/h6,9-12,16-18H,1,7-8,13H2,2-5H3/t16-,17-,18-/m1/s1. The molecule has 2 rings (SSSR count). The summed E-state index contributed by atoms with van der Waals surface area (Å²) in [6.07, 6.45) is 0.398. The van der Waals surface area contributed by atoms with E-state index >= 15 is 0 Å². The van der Waals surface area contributed by atoms with Gasteiger partial charge < -0.3 is 23.7 Å². The lowest BCUT2D eigenvalue weighted by molar-refractivity contribution is -0.177. The van der Waals surface area contributed by atoms with E-state index in [0.717, 1.165) is 11.3 Å². The van der Waals surface area contributed by atoms with Crippen LogP contribution < -0.4 is 4.74 Å². The summed E-state index contributed by atoms with van der Waals surface area (Å²) in [7, 11) is 1.61. The lowest BCUT2D eigenvalue weighted by atomic mass is 10.0. The van der Waals surface area contributed by atoms with Gasteiger partial charge in [0.05, 0.1) is 20.3 Å². The minimum atomic E-state index is -0.758. The quantitative estimate of drug-likeness (QED) is 0.494. The van der Waals surface area contributed by atoms with E-state index in [4.69, 9.17) is 23.7 Å². The summed E-state index contributed by atoms with van der Waals surface area (Å²) in [5, 5.41) is 0. The molecule has 0 bridgehead atoms. The number of carbonyl (C=O) groups excluding carboxylic acids is 1. The molecule has 0 radical (unpaired) electrons. The molecule has 0 aliphatic carbocycles. The number of carbonyl (C=O) groups is 1. The molecule has 3 atom stereocenters. The SMILES string of the molecule is C=CC[C@@H](O[C@H](c1ccc(OC)cc1)[C@H]1COC(C)(C)O1)C(=O)OCC. The van der Waals surface area contributed by atoms with Crippen molar-refractivity contribution >= 4 is 5.97 Å². The van der Waals surface area contributed by atoms with Crippen molar-refractivity contribution in [2.75, 3.05) is 20.3 Å². The molecule has 0 amide bonds. The average Bonchev–Trinajstić information content (AvgIpc) is 2.98. The Bertz CT molecular complexity index is 595. The fraction of sp³-hybridized carbons (Fsp3) is 0.550. The van der Waals surface area contributed by atoms with E-state index in [-0.39, 0.29) is 6.10 Å². The lowest BCUT2D eigenvalue weighted by Gasteiger charge is -2.28. The number of hydrogen-bond donors (Lipinski definition) is 0. The second-order valence-electron chi connectivity index (χ2n) is 6.46. The summed E-state index contributed by atoms with van der Waals surface area (Å²) in [4.78, 5) is 12.3. The van der Waals surface area contributed by atoms with E-state index in [1.165, 1.54) is 0 Å². The number of benzene rings is 1. The van der Waals surface area contributed by atoms with Gasteiger partial charge in [0.2, 0.25) is 0 Å². The molecule has 0 saturated carbocycles. The zero-order valence-electron chi connectivity index (χ0n) is 15.9. The maximum absolute atomic E-state index is 12.3. The Morgan fingerprint density at radius 1 is 1.38 bits per heavy atom. The fourth-order valence-corrected chi connectivity index (χ4v) is 2.81.